The fourth-order valence-corrected chi connectivity index (χ4v) is 2.34. The lowest BCUT2D eigenvalue weighted by atomic mass is 9.99. The number of rotatable bonds is 3. The van der Waals surface area contributed by atoms with E-state index in [2.05, 4.69) is 10.1 Å². The highest BCUT2D eigenvalue weighted by Crippen LogP contribution is 2.38. The Hall–Kier alpha value is -3.16. The highest BCUT2D eigenvalue weighted by atomic mass is 19.4. The number of hydrogen-bond acceptors (Lipinski definition) is 3. The van der Waals surface area contributed by atoms with E-state index in [4.69, 9.17) is 5.73 Å². The quantitative estimate of drug-likeness (QED) is 0.801. The van der Waals surface area contributed by atoms with Crippen LogP contribution in [0.2, 0.25) is 0 Å². The van der Waals surface area contributed by atoms with Gasteiger partial charge in [0.1, 0.15) is 0 Å². The number of halogens is 3. The monoisotopic (exact) mass is 332 g/mol. The molecule has 2 aromatic heterocycles. The van der Waals surface area contributed by atoms with Crippen molar-refractivity contribution in [3.05, 3.63) is 66.2 Å². The summed E-state index contributed by atoms with van der Waals surface area (Å²) in [6.07, 6.45) is -0.220. The average Bonchev–Trinajstić information content (AvgIpc) is 3.00. The zero-order valence-corrected chi connectivity index (χ0v) is 12.2. The fourth-order valence-electron chi connectivity index (χ4n) is 2.34. The highest BCUT2D eigenvalue weighted by Gasteiger charge is 2.34. The Labute approximate surface area is 134 Å². The van der Waals surface area contributed by atoms with Crippen molar-refractivity contribution in [3.63, 3.8) is 0 Å². The summed E-state index contributed by atoms with van der Waals surface area (Å²) < 4.78 is 41.0. The standard InChI is InChI=1S/C16H11F3N4O/c17-16(18,19)13-6-2-1-5-11(13)12-9-23(22-14(12)15(20)24)10-4-3-7-21-8-10/h1-9H,(H2,20,24). The summed E-state index contributed by atoms with van der Waals surface area (Å²) >= 11 is 0. The summed E-state index contributed by atoms with van der Waals surface area (Å²) in [5, 5.41) is 4.01. The second-order valence-electron chi connectivity index (χ2n) is 4.95. The largest absolute Gasteiger partial charge is 0.417 e. The molecule has 5 nitrogen and oxygen atoms in total. The average molecular weight is 332 g/mol. The van der Waals surface area contributed by atoms with Gasteiger partial charge in [-0.3, -0.25) is 9.78 Å². The Kier molecular flexibility index (Phi) is 3.80. The Morgan fingerprint density at radius 3 is 2.46 bits per heavy atom. The smallest absolute Gasteiger partial charge is 0.364 e. The predicted molar refractivity (Wildman–Crippen MR) is 80.3 cm³/mol. The summed E-state index contributed by atoms with van der Waals surface area (Å²) in [6, 6.07) is 8.26. The molecule has 0 atom stereocenters. The van der Waals surface area contributed by atoms with Crippen LogP contribution in [0.15, 0.2) is 55.0 Å². The lowest BCUT2D eigenvalue weighted by Gasteiger charge is -2.11. The molecule has 0 aliphatic heterocycles. The van der Waals surface area contributed by atoms with E-state index in [0.29, 0.717) is 5.69 Å². The van der Waals surface area contributed by atoms with Gasteiger partial charge in [0.25, 0.3) is 5.91 Å². The summed E-state index contributed by atoms with van der Waals surface area (Å²) in [4.78, 5) is 15.6. The Balaban J connectivity index is 2.22. The van der Waals surface area contributed by atoms with E-state index >= 15 is 0 Å². The molecule has 0 saturated heterocycles. The number of nitrogens with two attached hydrogens (primary N) is 1. The van der Waals surface area contributed by atoms with Crippen LogP contribution >= 0.6 is 0 Å². The third-order valence-corrected chi connectivity index (χ3v) is 3.38. The second-order valence-corrected chi connectivity index (χ2v) is 4.95. The van der Waals surface area contributed by atoms with Crippen molar-refractivity contribution in [2.24, 2.45) is 5.73 Å². The molecule has 0 spiro atoms. The third kappa shape index (κ3) is 2.85. The molecule has 0 fully saturated rings. The summed E-state index contributed by atoms with van der Waals surface area (Å²) in [6.45, 7) is 0. The molecule has 1 amide bonds. The number of aromatic nitrogens is 3. The molecule has 8 heteroatoms. The van der Waals surface area contributed by atoms with Gasteiger partial charge in [0, 0.05) is 18.0 Å². The maximum Gasteiger partial charge on any atom is 0.417 e. The van der Waals surface area contributed by atoms with Crippen LogP contribution < -0.4 is 5.73 Å². The molecule has 0 unspecified atom stereocenters. The van der Waals surface area contributed by atoms with Gasteiger partial charge in [0.15, 0.2) is 5.69 Å². The second kappa shape index (κ2) is 5.80. The van der Waals surface area contributed by atoms with Crippen LogP contribution in [-0.2, 0) is 6.18 Å². The minimum absolute atomic E-state index is 0.0132. The molecule has 0 radical (unpaired) electrons. The molecule has 3 aromatic rings. The van der Waals surface area contributed by atoms with Gasteiger partial charge < -0.3 is 5.73 Å². The van der Waals surface area contributed by atoms with Crippen LogP contribution in [0.3, 0.4) is 0 Å². The van der Waals surface area contributed by atoms with Crippen molar-refractivity contribution >= 4 is 5.91 Å². The van der Waals surface area contributed by atoms with Gasteiger partial charge in [-0.2, -0.15) is 18.3 Å². The van der Waals surface area contributed by atoms with Crippen LogP contribution in [0.25, 0.3) is 16.8 Å². The van der Waals surface area contributed by atoms with Gasteiger partial charge in [-0.05, 0) is 23.8 Å². The Morgan fingerprint density at radius 2 is 1.83 bits per heavy atom. The van der Waals surface area contributed by atoms with Crippen molar-refractivity contribution in [1.29, 1.82) is 0 Å². The van der Waals surface area contributed by atoms with Crippen LogP contribution in [0.5, 0.6) is 0 Å². The predicted octanol–water partition coefficient (Wildman–Crippen LogP) is 3.05. The topological polar surface area (TPSA) is 73.8 Å². The first kappa shape index (κ1) is 15.7. The number of pyridine rings is 1. The molecule has 0 aliphatic rings. The van der Waals surface area contributed by atoms with Gasteiger partial charge in [0.2, 0.25) is 0 Å². The first-order chi connectivity index (χ1) is 11.4. The van der Waals surface area contributed by atoms with Gasteiger partial charge in [0.05, 0.1) is 17.4 Å². The molecule has 0 bridgehead atoms. The summed E-state index contributed by atoms with van der Waals surface area (Å²) in [5.41, 5.74) is 4.54. The minimum Gasteiger partial charge on any atom is -0.364 e. The van der Waals surface area contributed by atoms with Crippen molar-refractivity contribution < 1.29 is 18.0 Å². The van der Waals surface area contributed by atoms with Crippen LogP contribution in [0.4, 0.5) is 13.2 Å². The Morgan fingerprint density at radius 1 is 1.08 bits per heavy atom. The normalized spacial score (nSPS) is 11.5. The third-order valence-electron chi connectivity index (χ3n) is 3.38. The number of amides is 1. The number of hydrogen-bond donors (Lipinski definition) is 1. The molecular weight excluding hydrogens is 321 g/mol. The minimum atomic E-state index is -4.57. The molecule has 0 saturated carbocycles. The van der Waals surface area contributed by atoms with Crippen molar-refractivity contribution in [1.82, 2.24) is 14.8 Å². The van der Waals surface area contributed by atoms with E-state index in [-0.39, 0.29) is 16.8 Å². The molecule has 24 heavy (non-hydrogen) atoms. The number of primary amides is 1. The molecule has 1 aromatic carbocycles. The molecule has 2 N–H and O–H groups in total. The number of benzene rings is 1. The molecule has 3 rings (SSSR count). The van der Waals surface area contributed by atoms with Crippen LogP contribution in [0, 0.1) is 0 Å². The van der Waals surface area contributed by atoms with Crippen molar-refractivity contribution in [2.75, 3.05) is 0 Å². The summed E-state index contributed by atoms with van der Waals surface area (Å²) in [7, 11) is 0. The zero-order chi connectivity index (χ0) is 17.3. The van der Waals surface area contributed by atoms with E-state index < -0.39 is 17.6 Å². The first-order valence-corrected chi connectivity index (χ1v) is 6.84. The number of carbonyl (C=O) groups is 1. The van der Waals surface area contributed by atoms with Crippen LogP contribution in [0.1, 0.15) is 16.1 Å². The number of nitrogens with zero attached hydrogens (tertiary/aromatic N) is 3. The molecule has 0 aliphatic carbocycles. The van der Waals surface area contributed by atoms with Crippen molar-refractivity contribution in [2.45, 2.75) is 6.18 Å². The SMILES string of the molecule is NC(=O)c1nn(-c2cccnc2)cc1-c1ccccc1C(F)(F)F. The number of carbonyl (C=O) groups excluding carboxylic acids is 1. The van der Waals surface area contributed by atoms with Crippen molar-refractivity contribution in [3.8, 4) is 16.8 Å². The van der Waals surface area contributed by atoms with E-state index in [0.717, 1.165) is 6.07 Å². The lowest BCUT2D eigenvalue weighted by molar-refractivity contribution is -0.137. The summed E-state index contributed by atoms with van der Waals surface area (Å²) in [5.74, 6) is -0.912. The first-order valence-electron chi connectivity index (χ1n) is 6.84. The van der Waals surface area contributed by atoms with Gasteiger partial charge >= 0.3 is 6.18 Å². The molecule has 2 heterocycles. The lowest BCUT2D eigenvalue weighted by Crippen LogP contribution is -2.14. The Bertz CT molecular complexity index is 888. The van der Waals surface area contributed by atoms with E-state index in [1.165, 1.54) is 35.3 Å². The van der Waals surface area contributed by atoms with E-state index in [9.17, 15) is 18.0 Å². The molecular formula is C16H11F3N4O. The maximum absolute atomic E-state index is 13.2. The highest BCUT2D eigenvalue weighted by molar-refractivity contribution is 5.98. The van der Waals surface area contributed by atoms with Gasteiger partial charge in [-0.25, -0.2) is 4.68 Å². The van der Waals surface area contributed by atoms with E-state index in [1.54, 1.807) is 18.3 Å². The molecule has 122 valence electrons. The maximum atomic E-state index is 13.2. The zero-order valence-electron chi connectivity index (χ0n) is 12.2. The van der Waals surface area contributed by atoms with E-state index in [1.807, 2.05) is 0 Å². The number of alkyl halides is 3. The van der Waals surface area contributed by atoms with Crippen LogP contribution in [-0.4, -0.2) is 20.7 Å². The fraction of sp³-hybridized carbons (Fsp3) is 0.0625. The van der Waals surface area contributed by atoms with Gasteiger partial charge in [-0.15, -0.1) is 0 Å². The van der Waals surface area contributed by atoms with Gasteiger partial charge in [-0.1, -0.05) is 18.2 Å².